The molecule has 4 aromatic rings. The van der Waals surface area contributed by atoms with Gasteiger partial charge in [-0.2, -0.15) is 0 Å². The van der Waals surface area contributed by atoms with Crippen molar-refractivity contribution >= 4 is 50.6 Å². The summed E-state index contributed by atoms with van der Waals surface area (Å²) >= 11 is 8.17. The molecule has 2 aliphatic rings. The molecule has 1 saturated heterocycles. The molecule has 0 spiro atoms. The van der Waals surface area contributed by atoms with E-state index in [-0.39, 0.29) is 12.5 Å². The zero-order valence-corrected chi connectivity index (χ0v) is 25.5. The summed E-state index contributed by atoms with van der Waals surface area (Å²) in [5, 5.41) is 14.1. The van der Waals surface area contributed by atoms with Gasteiger partial charge in [0.05, 0.1) is 22.6 Å². The molecule has 2 aliphatic heterocycles. The number of ether oxygens (including phenoxy) is 1. The number of amides is 1. The van der Waals surface area contributed by atoms with Gasteiger partial charge in [0.2, 0.25) is 5.91 Å². The normalized spacial score (nSPS) is 16.1. The quantitative estimate of drug-likeness (QED) is 0.222. The molecule has 2 N–H and O–H groups in total. The summed E-state index contributed by atoms with van der Waals surface area (Å²) in [5.41, 5.74) is 2.82. The molecule has 1 fully saturated rings. The number of halogens is 1. The number of aliphatic hydroxyl groups is 1. The lowest BCUT2D eigenvalue weighted by Crippen LogP contribution is -2.35. The number of aliphatic hydroxyl groups excluding tert-OH is 1. The SMILES string of the molecule is O=C(C=CCN1CCC(CCO)CC1)N1CCc2c(sc3ncnc(Nc4ccc(OCc5ccccn5)c(Cl)c4)c23)C1. The van der Waals surface area contributed by atoms with Crippen LogP contribution >= 0.6 is 22.9 Å². The third-order valence-electron chi connectivity index (χ3n) is 8.11. The highest BCUT2D eigenvalue weighted by atomic mass is 35.5. The van der Waals surface area contributed by atoms with Crippen LogP contribution in [0, 0.1) is 5.92 Å². The number of pyridine rings is 1. The van der Waals surface area contributed by atoms with Gasteiger partial charge in [-0.1, -0.05) is 23.7 Å². The first kappa shape index (κ1) is 29.5. The molecule has 11 heteroatoms. The lowest BCUT2D eigenvalue weighted by molar-refractivity contribution is -0.126. The molecule has 1 aromatic carbocycles. The van der Waals surface area contributed by atoms with Crippen LogP contribution in [0.5, 0.6) is 5.75 Å². The van der Waals surface area contributed by atoms with Crippen LogP contribution in [0.3, 0.4) is 0 Å². The Morgan fingerprint density at radius 3 is 2.84 bits per heavy atom. The number of thiophene rings is 1. The maximum atomic E-state index is 13.0. The van der Waals surface area contributed by atoms with Crippen molar-refractivity contribution in [3.63, 3.8) is 0 Å². The number of aromatic nitrogens is 3. The Morgan fingerprint density at radius 1 is 1.16 bits per heavy atom. The smallest absolute Gasteiger partial charge is 0.246 e. The van der Waals surface area contributed by atoms with Gasteiger partial charge in [-0.25, -0.2) is 9.97 Å². The summed E-state index contributed by atoms with van der Waals surface area (Å²) in [5.74, 6) is 1.98. The predicted molar refractivity (Wildman–Crippen MR) is 170 cm³/mol. The van der Waals surface area contributed by atoms with E-state index in [0.717, 1.165) is 77.6 Å². The first-order chi connectivity index (χ1) is 21.1. The van der Waals surface area contributed by atoms with E-state index in [4.69, 9.17) is 21.4 Å². The molecule has 5 heterocycles. The van der Waals surface area contributed by atoms with Gasteiger partial charge in [-0.15, -0.1) is 11.3 Å². The Morgan fingerprint density at radius 2 is 2.05 bits per heavy atom. The van der Waals surface area contributed by atoms with Gasteiger partial charge >= 0.3 is 0 Å². The average molecular weight is 619 g/mol. The van der Waals surface area contributed by atoms with E-state index in [1.54, 1.807) is 29.9 Å². The Labute approximate surface area is 260 Å². The number of piperidine rings is 1. The predicted octanol–water partition coefficient (Wildman–Crippen LogP) is 5.60. The van der Waals surface area contributed by atoms with E-state index >= 15 is 0 Å². The molecule has 0 atom stereocenters. The Hall–Kier alpha value is -3.57. The van der Waals surface area contributed by atoms with Gasteiger partial charge in [0.25, 0.3) is 0 Å². The minimum absolute atomic E-state index is 0.0442. The number of likely N-dealkylation sites (tertiary alicyclic amines) is 1. The van der Waals surface area contributed by atoms with Crippen LogP contribution in [0.25, 0.3) is 10.2 Å². The van der Waals surface area contributed by atoms with Crippen LogP contribution in [0.4, 0.5) is 11.5 Å². The molecule has 0 radical (unpaired) electrons. The number of nitrogens with zero attached hydrogens (tertiary/aromatic N) is 5. The van der Waals surface area contributed by atoms with E-state index < -0.39 is 0 Å². The van der Waals surface area contributed by atoms with Gasteiger partial charge in [0.15, 0.2) is 0 Å². The van der Waals surface area contributed by atoms with Gasteiger partial charge in [0.1, 0.15) is 29.3 Å². The lowest BCUT2D eigenvalue weighted by Gasteiger charge is -2.31. The van der Waals surface area contributed by atoms with Gasteiger partial charge in [-0.05, 0) is 80.6 Å². The fourth-order valence-electron chi connectivity index (χ4n) is 5.73. The van der Waals surface area contributed by atoms with Gasteiger partial charge in [0, 0.05) is 42.5 Å². The Kier molecular flexibility index (Phi) is 9.48. The van der Waals surface area contributed by atoms with Crippen molar-refractivity contribution in [2.75, 3.05) is 38.1 Å². The molecule has 0 bridgehead atoms. The van der Waals surface area contributed by atoms with Crippen molar-refractivity contribution in [2.45, 2.75) is 38.8 Å². The molecule has 0 saturated carbocycles. The van der Waals surface area contributed by atoms with Crippen LogP contribution in [0.2, 0.25) is 5.02 Å². The number of hydrogen-bond donors (Lipinski definition) is 2. The molecular weight excluding hydrogens is 584 g/mol. The average Bonchev–Trinajstić information content (AvgIpc) is 3.41. The van der Waals surface area contributed by atoms with Crippen LogP contribution in [0.1, 0.15) is 35.4 Å². The van der Waals surface area contributed by atoms with E-state index in [2.05, 4.69) is 25.2 Å². The topological polar surface area (TPSA) is 104 Å². The highest BCUT2D eigenvalue weighted by Crippen LogP contribution is 2.39. The molecule has 0 aliphatic carbocycles. The van der Waals surface area contributed by atoms with E-state index in [0.29, 0.717) is 36.4 Å². The number of nitrogens with one attached hydrogen (secondary N) is 1. The van der Waals surface area contributed by atoms with Gasteiger partial charge < -0.3 is 20.1 Å². The highest BCUT2D eigenvalue weighted by molar-refractivity contribution is 7.19. The second-order valence-electron chi connectivity index (χ2n) is 11.0. The van der Waals surface area contributed by atoms with Crippen LogP contribution in [-0.2, 0) is 24.4 Å². The first-order valence-corrected chi connectivity index (χ1v) is 15.9. The molecule has 3 aromatic heterocycles. The number of rotatable bonds is 10. The van der Waals surface area contributed by atoms with Crippen molar-refractivity contribution in [1.82, 2.24) is 24.8 Å². The van der Waals surface area contributed by atoms with Crippen molar-refractivity contribution in [2.24, 2.45) is 5.92 Å². The van der Waals surface area contributed by atoms with Crippen molar-refractivity contribution < 1.29 is 14.6 Å². The maximum absolute atomic E-state index is 13.0. The summed E-state index contributed by atoms with van der Waals surface area (Å²) in [6.45, 7) is 4.65. The molecule has 0 unspecified atom stereocenters. The zero-order valence-electron chi connectivity index (χ0n) is 23.9. The van der Waals surface area contributed by atoms with Crippen molar-refractivity contribution in [3.05, 3.63) is 82.2 Å². The summed E-state index contributed by atoms with van der Waals surface area (Å²) in [7, 11) is 0. The Balaban J connectivity index is 1.08. The summed E-state index contributed by atoms with van der Waals surface area (Å²) in [4.78, 5) is 32.7. The van der Waals surface area contributed by atoms with E-state index in [9.17, 15) is 4.79 Å². The third-order valence-corrected chi connectivity index (χ3v) is 9.53. The van der Waals surface area contributed by atoms with Crippen LogP contribution in [0.15, 0.2) is 61.1 Å². The molecule has 1 amide bonds. The number of benzene rings is 1. The molecule has 6 rings (SSSR count). The number of carbonyl (C=O) groups excluding carboxylic acids is 1. The molecular formula is C32H35ClN6O3S. The third kappa shape index (κ3) is 7.15. The fraction of sp³-hybridized carbons (Fsp3) is 0.375. The van der Waals surface area contributed by atoms with Crippen LogP contribution in [-0.4, -0.2) is 68.6 Å². The number of fused-ring (bicyclic) bond motifs is 3. The van der Waals surface area contributed by atoms with Crippen molar-refractivity contribution in [3.8, 4) is 5.75 Å². The minimum atomic E-state index is 0.0442. The molecule has 9 nitrogen and oxygen atoms in total. The van der Waals surface area contributed by atoms with Crippen LogP contribution < -0.4 is 10.1 Å². The minimum Gasteiger partial charge on any atom is -0.486 e. The zero-order chi connectivity index (χ0) is 29.6. The standard InChI is InChI=1S/C32H35ClN6O3S/c33-26-18-23(6-7-27(26)42-20-24-4-1-2-12-34-24)37-31-30-25-10-16-39(19-28(25)43-32(30)36-21-35-31)29(41)5-3-13-38-14-8-22(9-15-38)11-17-40/h1-7,12,18,21-22,40H,8-11,13-17,19-20H2,(H,35,36,37). The number of anilines is 2. The van der Waals surface area contributed by atoms with E-state index in [1.807, 2.05) is 47.4 Å². The number of hydrogen-bond acceptors (Lipinski definition) is 9. The first-order valence-electron chi connectivity index (χ1n) is 14.7. The molecule has 43 heavy (non-hydrogen) atoms. The summed E-state index contributed by atoms with van der Waals surface area (Å²) < 4.78 is 5.86. The lowest BCUT2D eigenvalue weighted by atomic mass is 9.94. The Bertz CT molecular complexity index is 1590. The second-order valence-corrected chi connectivity index (χ2v) is 12.4. The van der Waals surface area contributed by atoms with Crippen molar-refractivity contribution in [1.29, 1.82) is 0 Å². The molecule has 224 valence electrons. The second kappa shape index (κ2) is 13.8. The number of carbonyl (C=O) groups is 1. The van der Waals surface area contributed by atoms with E-state index in [1.165, 1.54) is 5.56 Å². The highest BCUT2D eigenvalue weighted by Gasteiger charge is 2.26. The summed E-state index contributed by atoms with van der Waals surface area (Å²) in [6.07, 6.45) is 10.9. The largest absolute Gasteiger partial charge is 0.486 e. The monoisotopic (exact) mass is 618 g/mol. The summed E-state index contributed by atoms with van der Waals surface area (Å²) in [6, 6.07) is 11.3. The maximum Gasteiger partial charge on any atom is 0.246 e. The fourth-order valence-corrected chi connectivity index (χ4v) is 7.16. The van der Waals surface area contributed by atoms with Gasteiger partial charge in [-0.3, -0.25) is 14.7 Å².